The van der Waals surface area contributed by atoms with Gasteiger partial charge in [0.25, 0.3) is 0 Å². The zero-order valence-corrected chi connectivity index (χ0v) is 9.73. The summed E-state index contributed by atoms with van der Waals surface area (Å²) < 4.78 is -0.106. The molecule has 2 rings (SSSR count). The van der Waals surface area contributed by atoms with Gasteiger partial charge in [-0.15, -0.1) is 0 Å². The van der Waals surface area contributed by atoms with Crippen LogP contribution in [0, 0.1) is 5.21 Å². The molecule has 1 aromatic carbocycles. The minimum absolute atomic E-state index is 0.0528. The summed E-state index contributed by atoms with van der Waals surface area (Å²) in [5, 5.41) is 12.2. The predicted octanol–water partition coefficient (Wildman–Crippen LogP) is 2.68. The second-order valence-electron chi connectivity index (χ2n) is 5.31. The first-order chi connectivity index (χ1) is 6.94. The number of hydrogen-bond donors (Lipinski definition) is 0. The molecule has 2 heteroatoms. The Bertz CT molecular complexity index is 347. The van der Waals surface area contributed by atoms with Crippen molar-refractivity contribution >= 4 is 0 Å². The molecular formula is C13H19NO. The van der Waals surface area contributed by atoms with Gasteiger partial charge in [-0.2, -0.15) is 0 Å². The zero-order valence-electron chi connectivity index (χ0n) is 9.73. The van der Waals surface area contributed by atoms with Crippen molar-refractivity contribution in [3.05, 3.63) is 41.1 Å². The van der Waals surface area contributed by atoms with Gasteiger partial charge in [0.1, 0.15) is 0 Å². The van der Waals surface area contributed by atoms with E-state index in [2.05, 4.69) is 38.1 Å². The molecule has 1 aliphatic rings. The van der Waals surface area contributed by atoms with Gasteiger partial charge in [0.05, 0.1) is 19.6 Å². The minimum Gasteiger partial charge on any atom is -0.633 e. The standard InChI is InChI=1S/C13H19NO/c1-11-9-13(2,10-14(11,3)15)12-7-5-4-6-8-12/h4-8,11H,9-10H2,1-3H3/t11-,13?,14+/m1/s1. The zero-order chi connectivity index (χ0) is 11.1. The molecule has 1 heterocycles. The van der Waals surface area contributed by atoms with Crippen LogP contribution in [-0.4, -0.2) is 24.3 Å². The van der Waals surface area contributed by atoms with Crippen LogP contribution >= 0.6 is 0 Å². The quantitative estimate of drug-likeness (QED) is 0.510. The molecule has 0 spiro atoms. The van der Waals surface area contributed by atoms with E-state index in [0.717, 1.165) is 6.42 Å². The molecule has 1 saturated heterocycles. The van der Waals surface area contributed by atoms with Gasteiger partial charge in [-0.3, -0.25) is 0 Å². The van der Waals surface area contributed by atoms with Crippen molar-refractivity contribution < 1.29 is 4.65 Å². The molecule has 3 atom stereocenters. The fourth-order valence-electron chi connectivity index (χ4n) is 2.81. The lowest BCUT2D eigenvalue weighted by molar-refractivity contribution is -0.872. The largest absolute Gasteiger partial charge is 0.633 e. The Labute approximate surface area is 91.7 Å². The summed E-state index contributed by atoms with van der Waals surface area (Å²) in [6.07, 6.45) is 0.983. The van der Waals surface area contributed by atoms with E-state index < -0.39 is 0 Å². The third kappa shape index (κ3) is 1.80. The van der Waals surface area contributed by atoms with Crippen LogP contribution in [0.15, 0.2) is 30.3 Å². The average Bonchev–Trinajstić information content (AvgIpc) is 2.38. The Balaban J connectivity index is 2.31. The molecule has 15 heavy (non-hydrogen) atoms. The van der Waals surface area contributed by atoms with E-state index in [0.29, 0.717) is 6.54 Å². The molecule has 0 aromatic heterocycles. The van der Waals surface area contributed by atoms with E-state index in [-0.39, 0.29) is 16.1 Å². The summed E-state index contributed by atoms with van der Waals surface area (Å²) in [5.41, 5.74) is 1.35. The van der Waals surface area contributed by atoms with Crippen LogP contribution in [-0.2, 0) is 5.41 Å². The fraction of sp³-hybridized carbons (Fsp3) is 0.538. The lowest BCUT2D eigenvalue weighted by Crippen LogP contribution is -2.42. The van der Waals surface area contributed by atoms with Gasteiger partial charge in [0.2, 0.25) is 0 Å². The topological polar surface area (TPSA) is 23.1 Å². The van der Waals surface area contributed by atoms with E-state index in [4.69, 9.17) is 0 Å². The summed E-state index contributed by atoms with van der Waals surface area (Å²) in [5.74, 6) is 0. The SMILES string of the molecule is C[C@@H]1CC(C)(c2ccccc2)C[N@+]1(C)[O-]. The third-order valence-corrected chi connectivity index (χ3v) is 3.81. The highest BCUT2D eigenvalue weighted by atomic mass is 16.5. The fourth-order valence-corrected chi connectivity index (χ4v) is 2.81. The van der Waals surface area contributed by atoms with Crippen LogP contribution in [0.1, 0.15) is 25.8 Å². The highest BCUT2D eigenvalue weighted by Crippen LogP contribution is 2.40. The van der Waals surface area contributed by atoms with Crippen LogP contribution in [0.4, 0.5) is 0 Å². The van der Waals surface area contributed by atoms with Crippen molar-refractivity contribution in [3.8, 4) is 0 Å². The van der Waals surface area contributed by atoms with Gasteiger partial charge in [-0.05, 0) is 19.4 Å². The number of likely N-dealkylation sites (N-methyl/N-ethyl adjacent to an activating group) is 1. The highest BCUT2D eigenvalue weighted by molar-refractivity contribution is 5.25. The molecule has 1 aliphatic heterocycles. The lowest BCUT2D eigenvalue weighted by atomic mass is 9.81. The van der Waals surface area contributed by atoms with Crippen LogP contribution in [0.2, 0.25) is 0 Å². The van der Waals surface area contributed by atoms with Gasteiger partial charge in [-0.1, -0.05) is 30.3 Å². The first-order valence-corrected chi connectivity index (χ1v) is 5.56. The summed E-state index contributed by atoms with van der Waals surface area (Å²) >= 11 is 0. The molecule has 0 saturated carbocycles. The monoisotopic (exact) mass is 205 g/mol. The molecule has 1 fully saturated rings. The smallest absolute Gasteiger partial charge is 0.0881 e. The number of rotatable bonds is 1. The van der Waals surface area contributed by atoms with Crippen molar-refractivity contribution in [1.82, 2.24) is 0 Å². The number of hydroxylamine groups is 3. The molecule has 0 amide bonds. The molecule has 0 aliphatic carbocycles. The van der Waals surface area contributed by atoms with E-state index in [1.54, 1.807) is 7.05 Å². The Hall–Kier alpha value is -0.860. The maximum absolute atomic E-state index is 12.2. The number of hydrogen-bond acceptors (Lipinski definition) is 1. The van der Waals surface area contributed by atoms with E-state index in [9.17, 15) is 5.21 Å². The minimum atomic E-state index is -0.106. The predicted molar refractivity (Wildman–Crippen MR) is 62.3 cm³/mol. The summed E-state index contributed by atoms with van der Waals surface area (Å²) in [6.45, 7) is 4.96. The van der Waals surface area contributed by atoms with Crippen LogP contribution in [0.5, 0.6) is 0 Å². The van der Waals surface area contributed by atoms with Crippen LogP contribution in [0.25, 0.3) is 0 Å². The molecule has 0 radical (unpaired) electrons. The molecule has 2 nitrogen and oxygen atoms in total. The number of likely N-dealkylation sites (tertiary alicyclic amines) is 1. The summed E-state index contributed by atoms with van der Waals surface area (Å²) in [7, 11) is 1.79. The first kappa shape index (κ1) is 10.7. The Morgan fingerprint density at radius 2 is 1.93 bits per heavy atom. The van der Waals surface area contributed by atoms with Gasteiger partial charge < -0.3 is 9.85 Å². The third-order valence-electron chi connectivity index (χ3n) is 3.81. The molecule has 0 N–H and O–H groups in total. The van der Waals surface area contributed by atoms with Crippen LogP contribution in [0.3, 0.4) is 0 Å². The molecule has 1 aromatic rings. The number of benzene rings is 1. The van der Waals surface area contributed by atoms with Crippen molar-refractivity contribution in [1.29, 1.82) is 0 Å². The van der Waals surface area contributed by atoms with Gasteiger partial charge in [0.15, 0.2) is 0 Å². The molecular weight excluding hydrogens is 186 g/mol. The second-order valence-corrected chi connectivity index (χ2v) is 5.31. The van der Waals surface area contributed by atoms with E-state index in [1.165, 1.54) is 5.56 Å². The van der Waals surface area contributed by atoms with Gasteiger partial charge in [-0.25, -0.2) is 0 Å². The second kappa shape index (κ2) is 3.32. The van der Waals surface area contributed by atoms with E-state index in [1.807, 2.05) is 6.07 Å². The maximum atomic E-state index is 12.2. The van der Waals surface area contributed by atoms with Crippen molar-refractivity contribution in [2.24, 2.45) is 0 Å². The maximum Gasteiger partial charge on any atom is 0.0881 e. The molecule has 0 bridgehead atoms. The van der Waals surface area contributed by atoms with Crippen LogP contribution < -0.4 is 0 Å². The number of nitrogens with zero attached hydrogens (tertiary/aromatic N) is 1. The average molecular weight is 205 g/mol. The Morgan fingerprint density at radius 3 is 2.40 bits per heavy atom. The van der Waals surface area contributed by atoms with Crippen molar-refractivity contribution in [2.75, 3.05) is 13.6 Å². The first-order valence-electron chi connectivity index (χ1n) is 5.56. The number of quaternary nitrogens is 1. The van der Waals surface area contributed by atoms with Crippen molar-refractivity contribution in [3.63, 3.8) is 0 Å². The van der Waals surface area contributed by atoms with Gasteiger partial charge in [0, 0.05) is 11.8 Å². The summed E-state index contributed by atoms with van der Waals surface area (Å²) in [6, 6.07) is 10.6. The molecule has 82 valence electrons. The highest BCUT2D eigenvalue weighted by Gasteiger charge is 2.44. The normalized spacial score (nSPS) is 40.7. The van der Waals surface area contributed by atoms with Crippen molar-refractivity contribution in [2.45, 2.75) is 31.7 Å². The summed E-state index contributed by atoms with van der Waals surface area (Å²) in [4.78, 5) is 0. The van der Waals surface area contributed by atoms with Gasteiger partial charge >= 0.3 is 0 Å². The Morgan fingerprint density at radius 1 is 1.33 bits per heavy atom. The van der Waals surface area contributed by atoms with E-state index >= 15 is 0 Å². The Kier molecular flexibility index (Phi) is 2.36. The molecule has 1 unspecified atom stereocenters. The lowest BCUT2D eigenvalue weighted by Gasteiger charge is -2.39.